The highest BCUT2D eigenvalue weighted by Crippen LogP contribution is 2.36. The average molecular weight is 481 g/mol. The summed E-state index contributed by atoms with van der Waals surface area (Å²) in [7, 11) is 1.59. The van der Waals surface area contributed by atoms with Gasteiger partial charge in [0.15, 0.2) is 0 Å². The number of aryl methyl sites for hydroxylation is 1. The van der Waals surface area contributed by atoms with Crippen molar-refractivity contribution >= 4 is 16.9 Å². The van der Waals surface area contributed by atoms with Crippen LogP contribution in [0.4, 0.5) is 4.39 Å². The lowest BCUT2D eigenvalue weighted by atomic mass is 9.79. The van der Waals surface area contributed by atoms with Crippen molar-refractivity contribution in [3.8, 4) is 5.75 Å². The first-order valence-electron chi connectivity index (χ1n) is 12.3. The van der Waals surface area contributed by atoms with E-state index in [1.54, 1.807) is 37.8 Å². The van der Waals surface area contributed by atoms with Crippen LogP contribution in [-0.4, -0.2) is 57.7 Å². The zero-order chi connectivity index (χ0) is 24.6. The van der Waals surface area contributed by atoms with E-state index in [0.717, 1.165) is 55.6 Å². The van der Waals surface area contributed by atoms with Crippen LogP contribution in [0.5, 0.6) is 5.75 Å². The van der Waals surface area contributed by atoms with Gasteiger partial charge in [0.05, 0.1) is 12.6 Å². The number of likely N-dealkylation sites (tertiary alicyclic amines) is 1. The Morgan fingerprint density at radius 2 is 2.03 bits per heavy atom. The molecule has 0 saturated carbocycles. The average Bonchev–Trinajstić information content (AvgIpc) is 2.87. The molecular formula is C27H33FN4O3. The van der Waals surface area contributed by atoms with E-state index in [-0.39, 0.29) is 18.3 Å². The lowest BCUT2D eigenvalue weighted by Crippen LogP contribution is -2.42. The van der Waals surface area contributed by atoms with E-state index < -0.39 is 12.1 Å². The number of carboxylic acids is 1. The molecule has 3 heterocycles. The van der Waals surface area contributed by atoms with Gasteiger partial charge in [-0.2, -0.15) is 0 Å². The van der Waals surface area contributed by atoms with Gasteiger partial charge in [-0.05, 0) is 86.5 Å². The fourth-order valence-electron chi connectivity index (χ4n) is 5.18. The second kappa shape index (κ2) is 12.0. The second-order valence-electron chi connectivity index (χ2n) is 9.30. The van der Waals surface area contributed by atoms with E-state index in [9.17, 15) is 9.90 Å². The molecule has 0 amide bonds. The molecule has 0 unspecified atom stereocenters. The number of hydrogen-bond donors (Lipinski definition) is 1. The Morgan fingerprint density at radius 3 is 2.80 bits per heavy atom. The molecule has 2 aromatic heterocycles. The third kappa shape index (κ3) is 6.72. The summed E-state index contributed by atoms with van der Waals surface area (Å²) in [5.74, 6) is 0.936. The highest BCUT2D eigenvalue weighted by atomic mass is 19.1. The van der Waals surface area contributed by atoms with Gasteiger partial charge < -0.3 is 14.7 Å². The van der Waals surface area contributed by atoms with Gasteiger partial charge in [-0.3, -0.25) is 9.78 Å². The van der Waals surface area contributed by atoms with Gasteiger partial charge in [-0.15, -0.1) is 0 Å². The van der Waals surface area contributed by atoms with E-state index >= 15 is 4.39 Å². The van der Waals surface area contributed by atoms with Crippen LogP contribution in [0.25, 0.3) is 10.9 Å². The maximum atomic E-state index is 15.4. The van der Waals surface area contributed by atoms with Crippen molar-refractivity contribution in [3.05, 3.63) is 60.3 Å². The summed E-state index contributed by atoms with van der Waals surface area (Å²) >= 11 is 0. The molecule has 1 fully saturated rings. The third-order valence-corrected chi connectivity index (χ3v) is 7.02. The van der Waals surface area contributed by atoms with Crippen LogP contribution >= 0.6 is 0 Å². The third-order valence-electron chi connectivity index (χ3n) is 7.02. The number of aliphatic carboxylic acids is 1. The lowest BCUT2D eigenvalue weighted by Gasteiger charge is -2.38. The smallest absolute Gasteiger partial charge is 0.303 e. The zero-order valence-corrected chi connectivity index (χ0v) is 20.1. The molecule has 4 rings (SSSR count). The Labute approximate surface area is 205 Å². The maximum absolute atomic E-state index is 15.4. The molecule has 7 nitrogen and oxygen atoms in total. The van der Waals surface area contributed by atoms with Crippen LogP contribution < -0.4 is 4.74 Å². The van der Waals surface area contributed by atoms with Crippen LogP contribution in [0, 0.1) is 11.8 Å². The minimum Gasteiger partial charge on any atom is -0.497 e. The van der Waals surface area contributed by atoms with Crippen LogP contribution in [0.1, 0.15) is 49.7 Å². The van der Waals surface area contributed by atoms with Gasteiger partial charge in [0.1, 0.15) is 17.7 Å². The number of nitrogens with zero attached hydrogens (tertiary/aromatic N) is 4. The van der Waals surface area contributed by atoms with Crippen molar-refractivity contribution in [3.63, 3.8) is 0 Å². The molecule has 3 aromatic rings. The molecule has 1 saturated heterocycles. The molecule has 1 aliphatic heterocycles. The molecule has 1 aliphatic rings. The lowest BCUT2D eigenvalue weighted by molar-refractivity contribution is -0.139. The van der Waals surface area contributed by atoms with E-state index in [2.05, 4.69) is 19.9 Å². The first-order valence-corrected chi connectivity index (χ1v) is 12.3. The zero-order valence-electron chi connectivity index (χ0n) is 20.1. The summed E-state index contributed by atoms with van der Waals surface area (Å²) in [5.41, 5.74) is 1.35. The number of carboxylic acid groups (broad SMARTS) is 1. The number of piperidine rings is 1. The van der Waals surface area contributed by atoms with Crippen LogP contribution in [0.3, 0.4) is 0 Å². The Bertz CT molecular complexity index is 1110. The SMILES string of the molecule is COc1ccc2nccc([C@H](F)CC[C@@H]3CCN(CCCc4ncccn4)C[C@@H]3CC(=O)O)c2c1. The summed E-state index contributed by atoms with van der Waals surface area (Å²) in [6.07, 6.45) is 7.77. The summed E-state index contributed by atoms with van der Waals surface area (Å²) in [5, 5.41) is 10.3. The highest BCUT2D eigenvalue weighted by molar-refractivity contribution is 5.83. The number of aromatic nitrogens is 3. The predicted molar refractivity (Wildman–Crippen MR) is 132 cm³/mol. The number of ether oxygens (including phenoxy) is 1. The minimum atomic E-state index is -1.14. The monoisotopic (exact) mass is 480 g/mol. The first-order chi connectivity index (χ1) is 17.0. The van der Waals surface area contributed by atoms with Crippen molar-refractivity contribution < 1.29 is 19.0 Å². The van der Waals surface area contributed by atoms with Crippen molar-refractivity contribution in [1.29, 1.82) is 0 Å². The van der Waals surface area contributed by atoms with E-state index in [1.807, 2.05) is 18.2 Å². The summed E-state index contributed by atoms with van der Waals surface area (Å²) in [6.45, 7) is 2.53. The van der Waals surface area contributed by atoms with E-state index in [0.29, 0.717) is 24.2 Å². The molecular weight excluding hydrogens is 447 g/mol. The number of benzene rings is 1. The van der Waals surface area contributed by atoms with Crippen molar-refractivity contribution in [2.45, 2.75) is 44.7 Å². The number of rotatable bonds is 11. The fourth-order valence-corrected chi connectivity index (χ4v) is 5.18. The van der Waals surface area contributed by atoms with E-state index in [1.165, 1.54) is 0 Å². The molecule has 0 bridgehead atoms. The number of halogens is 1. The van der Waals surface area contributed by atoms with Crippen LogP contribution in [0.2, 0.25) is 0 Å². The predicted octanol–water partition coefficient (Wildman–Crippen LogP) is 4.87. The van der Waals surface area contributed by atoms with Gasteiger partial charge in [0.25, 0.3) is 0 Å². The summed E-state index contributed by atoms with van der Waals surface area (Å²) in [4.78, 5) is 26.8. The number of methoxy groups -OCH3 is 1. The molecule has 1 aromatic carbocycles. The normalized spacial score (nSPS) is 19.5. The topological polar surface area (TPSA) is 88.4 Å². The Balaban J connectivity index is 1.35. The van der Waals surface area contributed by atoms with E-state index in [4.69, 9.17) is 4.74 Å². The van der Waals surface area contributed by atoms with Crippen LogP contribution in [0.15, 0.2) is 48.9 Å². The quantitative estimate of drug-likeness (QED) is 0.419. The molecule has 35 heavy (non-hydrogen) atoms. The fraction of sp³-hybridized carbons (Fsp3) is 0.481. The first kappa shape index (κ1) is 25.0. The van der Waals surface area contributed by atoms with Gasteiger partial charge in [-0.25, -0.2) is 14.4 Å². The number of pyridine rings is 1. The summed E-state index contributed by atoms with van der Waals surface area (Å²) in [6, 6.07) is 9.04. The standard InChI is InChI=1S/C27H33FN4O3/c1-35-21-6-8-25-23(17-21)22(9-13-29-25)24(28)7-5-19-10-15-32(18-20(19)16-27(33)34)14-2-4-26-30-11-3-12-31-26/h3,6,8-9,11-13,17,19-20,24H,2,4-5,7,10,14-16,18H2,1H3,(H,33,34)/t19-,20+,24-/m1/s1. The molecule has 3 atom stereocenters. The Hall–Kier alpha value is -3.13. The molecule has 0 radical (unpaired) electrons. The number of carbonyl (C=O) groups is 1. The second-order valence-corrected chi connectivity index (χ2v) is 9.30. The van der Waals surface area contributed by atoms with Gasteiger partial charge in [0.2, 0.25) is 0 Å². The Morgan fingerprint density at radius 1 is 1.20 bits per heavy atom. The van der Waals surface area contributed by atoms with Crippen molar-refractivity contribution in [2.24, 2.45) is 11.8 Å². The van der Waals surface area contributed by atoms with Gasteiger partial charge in [-0.1, -0.05) is 0 Å². The van der Waals surface area contributed by atoms with Crippen molar-refractivity contribution in [2.75, 3.05) is 26.7 Å². The van der Waals surface area contributed by atoms with Gasteiger partial charge in [0, 0.05) is 43.4 Å². The molecule has 1 N–H and O–H groups in total. The maximum Gasteiger partial charge on any atom is 0.303 e. The molecule has 8 heteroatoms. The number of alkyl halides is 1. The number of fused-ring (bicyclic) bond motifs is 1. The van der Waals surface area contributed by atoms with Crippen molar-refractivity contribution in [1.82, 2.24) is 19.9 Å². The number of hydrogen-bond acceptors (Lipinski definition) is 6. The van der Waals surface area contributed by atoms with Crippen LogP contribution in [-0.2, 0) is 11.2 Å². The Kier molecular flexibility index (Phi) is 8.58. The molecule has 186 valence electrons. The van der Waals surface area contributed by atoms with Gasteiger partial charge >= 0.3 is 5.97 Å². The molecule has 0 aliphatic carbocycles. The largest absolute Gasteiger partial charge is 0.497 e. The summed E-state index contributed by atoms with van der Waals surface area (Å²) < 4.78 is 20.8. The minimum absolute atomic E-state index is 0.0238. The highest BCUT2D eigenvalue weighted by Gasteiger charge is 2.31. The molecule has 0 spiro atoms.